The van der Waals surface area contributed by atoms with Crippen molar-refractivity contribution in [3.63, 3.8) is 0 Å². The zero-order valence-corrected chi connectivity index (χ0v) is 53.3. The van der Waals surface area contributed by atoms with Gasteiger partial charge in [0.05, 0.1) is 6.10 Å². The van der Waals surface area contributed by atoms with Crippen molar-refractivity contribution in [1.82, 2.24) is 40.9 Å². The molecule has 2 saturated carbocycles. The molecule has 2 aliphatic carbocycles. The molecule has 0 unspecified atom stereocenters. The zero-order valence-electron chi connectivity index (χ0n) is 53.3. The Hall–Kier alpha value is -1.34. The molecule has 0 aromatic carbocycles. The van der Waals surface area contributed by atoms with E-state index >= 15 is 0 Å². The van der Waals surface area contributed by atoms with Gasteiger partial charge in [0.15, 0.2) is 0 Å². The van der Waals surface area contributed by atoms with E-state index in [1.165, 1.54) is 89.9 Å². The summed E-state index contributed by atoms with van der Waals surface area (Å²) < 4.78 is 0. The maximum absolute atomic E-state index is 13.5. The molecule has 0 aromatic heterocycles. The van der Waals surface area contributed by atoms with E-state index in [2.05, 4.69) is 165 Å². The highest BCUT2D eigenvalue weighted by Gasteiger charge is 2.46. The molecule has 0 radical (unpaired) electrons. The second kappa shape index (κ2) is 27.2. The molecule has 0 spiro atoms. The van der Waals surface area contributed by atoms with Crippen molar-refractivity contribution in [1.29, 1.82) is 0 Å². The molecule has 4 aliphatic heterocycles. The van der Waals surface area contributed by atoms with Crippen molar-refractivity contribution in [2.75, 3.05) is 26.2 Å². The van der Waals surface area contributed by atoms with Gasteiger partial charge < -0.3 is 36.2 Å². The average Bonchev–Trinajstić information content (AvgIpc) is 3.26. The Bertz CT molecular complexity index is 1590. The average molecular weight is 1070 g/mol. The van der Waals surface area contributed by atoms with Gasteiger partial charge in [-0.3, -0.25) is 19.4 Å². The third-order valence-corrected chi connectivity index (χ3v) is 18.6. The number of rotatable bonds is 21. The highest BCUT2D eigenvalue weighted by Crippen LogP contribution is 2.39. The number of unbranched alkanes of at least 4 members (excludes halogenated alkanes) is 3. The molecule has 6 fully saturated rings. The van der Waals surface area contributed by atoms with Crippen LogP contribution in [0.2, 0.25) is 0 Å². The molecule has 4 heterocycles. The van der Waals surface area contributed by atoms with Gasteiger partial charge in [0.25, 0.3) is 0 Å². The quantitative estimate of drug-likeness (QED) is 0.0717. The number of hydrogen-bond acceptors (Lipinski definition) is 9. The van der Waals surface area contributed by atoms with Gasteiger partial charge in [-0.1, -0.05) is 65.2 Å². The first-order valence-corrected chi connectivity index (χ1v) is 32.1. The van der Waals surface area contributed by atoms with E-state index in [0.717, 1.165) is 90.4 Å². The van der Waals surface area contributed by atoms with Crippen LogP contribution in [0.4, 0.5) is 0 Å². The van der Waals surface area contributed by atoms with Crippen LogP contribution >= 0.6 is 0 Å². The molecule has 0 atom stereocenters. The molecule has 0 bridgehead atoms. The lowest BCUT2D eigenvalue weighted by Crippen LogP contribution is -2.65. The molecule has 5 N–H and O–H groups in total. The lowest BCUT2D eigenvalue weighted by Gasteiger charge is -2.53. The molecule has 2 amide bonds. The minimum absolute atomic E-state index is 0.0172. The van der Waals surface area contributed by atoms with Gasteiger partial charge in [0.2, 0.25) is 11.8 Å². The minimum Gasteiger partial charge on any atom is -0.390 e. The van der Waals surface area contributed by atoms with E-state index < -0.39 is 0 Å². The lowest BCUT2D eigenvalue weighted by molar-refractivity contribution is -0.137. The predicted molar refractivity (Wildman–Crippen MR) is 322 cm³/mol. The summed E-state index contributed by atoms with van der Waals surface area (Å²) in [5.74, 6) is 0.545. The van der Waals surface area contributed by atoms with E-state index in [1.54, 1.807) is 0 Å². The largest absolute Gasteiger partial charge is 0.390 e. The van der Waals surface area contributed by atoms with E-state index in [4.69, 9.17) is 0 Å². The normalized spacial score (nSPS) is 26.0. The Labute approximate surface area is 469 Å². The van der Waals surface area contributed by atoms with Crippen LogP contribution in [-0.2, 0) is 9.59 Å². The summed E-state index contributed by atoms with van der Waals surface area (Å²) in [6.07, 6.45) is 28.7. The zero-order chi connectivity index (χ0) is 56.5. The number of hydrogen-bond donors (Lipinski definition) is 5. The van der Waals surface area contributed by atoms with Gasteiger partial charge in [-0.05, 0) is 214 Å². The third kappa shape index (κ3) is 20.9. The van der Waals surface area contributed by atoms with Crippen molar-refractivity contribution < 1.29 is 14.7 Å². The van der Waals surface area contributed by atoms with E-state index in [0.29, 0.717) is 37.0 Å². The van der Waals surface area contributed by atoms with Crippen LogP contribution in [0.15, 0.2) is 0 Å². The minimum atomic E-state index is -0.291. The molecule has 11 nitrogen and oxygen atoms in total. The van der Waals surface area contributed by atoms with E-state index in [-0.39, 0.29) is 74.3 Å². The molecule has 6 rings (SSSR count). The van der Waals surface area contributed by atoms with Crippen molar-refractivity contribution >= 4 is 11.8 Å². The number of piperidine rings is 4. The van der Waals surface area contributed by atoms with Crippen molar-refractivity contribution in [3.8, 4) is 0 Å². The Kier molecular flexibility index (Phi) is 23.4. The number of carbonyl (C=O) groups excluding carboxylic acids is 2. The predicted octanol–water partition coefficient (Wildman–Crippen LogP) is 12.7. The molecular formula is C65H126N8O3. The number of aliphatic hydroxyl groups excluding tert-OH is 1. The summed E-state index contributed by atoms with van der Waals surface area (Å²) in [5, 5.41) is 27.2. The van der Waals surface area contributed by atoms with Crippen molar-refractivity contribution in [2.45, 2.75) is 378 Å². The fraction of sp³-hybridized carbons (Fsp3) is 0.969. The molecule has 444 valence electrons. The summed E-state index contributed by atoms with van der Waals surface area (Å²) in [4.78, 5) is 37.0. The smallest absolute Gasteiger partial charge is 0.222 e. The molecular weight excluding hydrogens is 941 g/mol. The fourth-order valence-electron chi connectivity index (χ4n) is 17.1. The van der Waals surface area contributed by atoms with Gasteiger partial charge >= 0.3 is 0 Å². The summed E-state index contributed by atoms with van der Waals surface area (Å²) in [5.41, 5.74) is 0.587. The van der Waals surface area contributed by atoms with Crippen LogP contribution in [0.1, 0.15) is 292 Å². The first-order valence-electron chi connectivity index (χ1n) is 32.1. The standard InChI is InChI=1S/C33H64N4O.C32H62N4O2/c1-30(2)19-27(20-31(3,4)34-30)36(25-15-11-9-12-16-25)23-29(38)24-37(26-17-13-10-14-18-26)28-21-32(5,6)35-33(7,8)22-28;1-11-13-19-35(25-21-29(3,4)33-30(5,6)22-25)27(37)17-15-16-18-28(38)36(20-14-12-2)26-23-31(7,8)34-32(9,10)24-26/h25-29,34-35,38H,9-24H2,1-8H3;25-26,33-34H,11-24H2,1-10H3. The molecule has 4 saturated heterocycles. The molecule has 6 aliphatic rings. The van der Waals surface area contributed by atoms with Gasteiger partial charge in [-0.2, -0.15) is 0 Å². The molecule has 11 heteroatoms. The molecule has 76 heavy (non-hydrogen) atoms. The Balaban J connectivity index is 0.000000281. The Morgan fingerprint density at radius 1 is 0.395 bits per heavy atom. The van der Waals surface area contributed by atoms with Crippen molar-refractivity contribution in [3.05, 3.63) is 0 Å². The van der Waals surface area contributed by atoms with Crippen LogP contribution < -0.4 is 21.3 Å². The van der Waals surface area contributed by atoms with E-state index in [1.807, 2.05) is 0 Å². The number of aliphatic hydroxyl groups is 1. The number of nitrogens with zero attached hydrogens (tertiary/aromatic N) is 4. The first-order chi connectivity index (χ1) is 35.1. The summed E-state index contributed by atoms with van der Waals surface area (Å²) in [6.45, 7) is 44.8. The van der Waals surface area contributed by atoms with E-state index in [9.17, 15) is 14.7 Å². The number of carbonyl (C=O) groups is 2. The summed E-state index contributed by atoms with van der Waals surface area (Å²) >= 11 is 0. The van der Waals surface area contributed by atoms with Gasteiger partial charge in [-0.25, -0.2) is 0 Å². The Morgan fingerprint density at radius 3 is 0.895 bits per heavy atom. The lowest BCUT2D eigenvalue weighted by atomic mass is 9.77. The highest BCUT2D eigenvalue weighted by atomic mass is 16.3. The van der Waals surface area contributed by atoms with Gasteiger partial charge in [0, 0.05) is 120 Å². The third-order valence-electron chi connectivity index (χ3n) is 18.6. The maximum Gasteiger partial charge on any atom is 0.222 e. The fourth-order valence-corrected chi connectivity index (χ4v) is 17.1. The van der Waals surface area contributed by atoms with Crippen LogP contribution in [0.3, 0.4) is 0 Å². The summed E-state index contributed by atoms with van der Waals surface area (Å²) in [7, 11) is 0. The van der Waals surface area contributed by atoms with Crippen LogP contribution in [0, 0.1) is 0 Å². The second-order valence-electron chi connectivity index (χ2n) is 31.5. The van der Waals surface area contributed by atoms with Crippen LogP contribution in [-0.4, -0.2) is 149 Å². The maximum atomic E-state index is 13.5. The second-order valence-corrected chi connectivity index (χ2v) is 31.5. The SMILES string of the molecule is CC1(C)CC(N(CC(O)CN(C2CCCCC2)C2CC(C)(C)NC(C)(C)C2)C2CCCCC2)CC(C)(C)N1.CCCCN(C(=O)CCCCC(=O)N(CCCC)C1CC(C)(C)NC(C)(C)C1)C1CC(C)(C)NC(C)(C)C1. The highest BCUT2D eigenvalue weighted by molar-refractivity contribution is 5.78. The number of nitrogens with one attached hydrogen (secondary N) is 4. The van der Waals surface area contributed by atoms with Gasteiger partial charge in [-0.15, -0.1) is 0 Å². The first kappa shape index (κ1) is 65.5. The number of amides is 2. The van der Waals surface area contributed by atoms with Gasteiger partial charge in [0.1, 0.15) is 0 Å². The Morgan fingerprint density at radius 2 is 0.645 bits per heavy atom. The topological polar surface area (TPSA) is 115 Å². The monoisotopic (exact) mass is 1070 g/mol. The van der Waals surface area contributed by atoms with Crippen LogP contribution in [0.25, 0.3) is 0 Å². The molecule has 0 aromatic rings. The van der Waals surface area contributed by atoms with Crippen LogP contribution in [0.5, 0.6) is 0 Å². The summed E-state index contributed by atoms with van der Waals surface area (Å²) in [6, 6.07) is 2.90. The van der Waals surface area contributed by atoms with Crippen molar-refractivity contribution in [2.24, 2.45) is 0 Å².